The molecule has 0 aliphatic heterocycles. The van der Waals surface area contributed by atoms with Crippen LogP contribution < -0.4 is 9.61 Å². The topological polar surface area (TPSA) is 90.9 Å². The van der Waals surface area contributed by atoms with Gasteiger partial charge in [0, 0.05) is 0 Å². The van der Waals surface area contributed by atoms with Gasteiger partial charge in [-0.25, -0.2) is 5.09 Å². The van der Waals surface area contributed by atoms with Crippen molar-refractivity contribution in [2.24, 2.45) is 5.92 Å². The Bertz CT molecular complexity index is 779. The van der Waals surface area contributed by atoms with E-state index in [1.165, 1.54) is 12.8 Å². The van der Waals surface area contributed by atoms with Crippen LogP contribution in [0.4, 0.5) is 0 Å². The highest BCUT2D eigenvalue weighted by Gasteiger charge is 2.34. The highest BCUT2D eigenvalue weighted by atomic mass is 31.2. The van der Waals surface area contributed by atoms with E-state index in [9.17, 15) is 14.2 Å². The first kappa shape index (κ1) is 25.4. The lowest BCUT2D eigenvalue weighted by molar-refractivity contribution is -0.143. The Balaban J connectivity index is 2.33. The van der Waals surface area contributed by atoms with Crippen LogP contribution in [0.25, 0.3) is 0 Å². The molecule has 1 aliphatic rings. The van der Waals surface area contributed by atoms with Crippen LogP contribution in [0.15, 0.2) is 18.2 Å². The second-order valence-electron chi connectivity index (χ2n) is 8.23. The van der Waals surface area contributed by atoms with Crippen LogP contribution in [0.5, 0.6) is 5.75 Å². The predicted octanol–water partition coefficient (Wildman–Crippen LogP) is 5.00. The van der Waals surface area contributed by atoms with Crippen molar-refractivity contribution in [2.75, 3.05) is 25.9 Å². The SMILES string of the molecule is CCOC(=O)CCP(=O)(NCC(=O)OCC)Oc1c(C(C)C)cccc1[C@H](C)C1CC1. The summed E-state index contributed by atoms with van der Waals surface area (Å²) >= 11 is 0. The van der Waals surface area contributed by atoms with Gasteiger partial charge in [-0.3, -0.25) is 14.2 Å². The molecule has 1 N–H and O–H groups in total. The molecule has 1 aromatic carbocycles. The third-order valence-electron chi connectivity index (χ3n) is 5.44. The molecule has 1 fully saturated rings. The zero-order chi connectivity index (χ0) is 23.0. The minimum Gasteiger partial charge on any atom is -0.466 e. The first-order chi connectivity index (χ1) is 14.7. The smallest absolute Gasteiger partial charge is 0.320 e. The Labute approximate surface area is 185 Å². The van der Waals surface area contributed by atoms with Gasteiger partial charge in [0.05, 0.1) is 25.8 Å². The molecule has 1 aliphatic carbocycles. The van der Waals surface area contributed by atoms with Crippen molar-refractivity contribution >= 4 is 19.5 Å². The third kappa shape index (κ3) is 7.65. The number of carbonyl (C=O) groups excluding carboxylic acids is 2. The Morgan fingerprint density at radius 3 is 2.26 bits per heavy atom. The minimum absolute atomic E-state index is 0.0711. The number of esters is 2. The zero-order valence-corrected chi connectivity index (χ0v) is 20.2. The van der Waals surface area contributed by atoms with Gasteiger partial charge >= 0.3 is 19.5 Å². The quantitative estimate of drug-likeness (QED) is 0.332. The molecule has 8 heteroatoms. The molecular weight excluding hydrogens is 417 g/mol. The lowest BCUT2D eigenvalue weighted by Crippen LogP contribution is -2.27. The summed E-state index contributed by atoms with van der Waals surface area (Å²) in [5, 5.41) is 2.75. The number of benzene rings is 1. The van der Waals surface area contributed by atoms with Gasteiger partial charge in [-0.05, 0) is 55.6 Å². The van der Waals surface area contributed by atoms with E-state index in [0.29, 0.717) is 11.7 Å². The van der Waals surface area contributed by atoms with Gasteiger partial charge in [0.1, 0.15) is 12.3 Å². The Morgan fingerprint density at radius 1 is 1.06 bits per heavy atom. The molecule has 1 aromatic rings. The summed E-state index contributed by atoms with van der Waals surface area (Å²) in [5.41, 5.74) is 1.97. The van der Waals surface area contributed by atoms with E-state index in [-0.39, 0.29) is 44.2 Å². The van der Waals surface area contributed by atoms with Crippen LogP contribution in [0.2, 0.25) is 0 Å². The van der Waals surface area contributed by atoms with Crippen LogP contribution in [-0.4, -0.2) is 37.9 Å². The van der Waals surface area contributed by atoms with Gasteiger partial charge in [0.2, 0.25) is 0 Å². The number of nitrogens with one attached hydrogen (secondary N) is 1. The lowest BCUT2D eigenvalue weighted by Gasteiger charge is -2.26. The first-order valence-electron chi connectivity index (χ1n) is 11.2. The number of hydrogen-bond donors (Lipinski definition) is 1. The summed E-state index contributed by atoms with van der Waals surface area (Å²) < 4.78 is 29.9. The summed E-state index contributed by atoms with van der Waals surface area (Å²) in [4.78, 5) is 23.8. The maximum atomic E-state index is 13.8. The summed E-state index contributed by atoms with van der Waals surface area (Å²) in [6.07, 6.45) is 2.20. The lowest BCUT2D eigenvalue weighted by atomic mass is 9.90. The van der Waals surface area contributed by atoms with Crippen molar-refractivity contribution in [3.8, 4) is 5.75 Å². The van der Waals surface area contributed by atoms with Gasteiger partial charge in [0.25, 0.3) is 0 Å². The molecule has 7 nitrogen and oxygen atoms in total. The van der Waals surface area contributed by atoms with E-state index >= 15 is 0 Å². The number of rotatable bonds is 13. The molecule has 0 radical (unpaired) electrons. The normalized spacial score (nSPS) is 16.5. The minimum atomic E-state index is -3.59. The summed E-state index contributed by atoms with van der Waals surface area (Å²) in [6.45, 7) is 9.93. The van der Waals surface area contributed by atoms with Crippen molar-refractivity contribution < 1.29 is 28.2 Å². The van der Waals surface area contributed by atoms with E-state index in [4.69, 9.17) is 14.0 Å². The maximum absolute atomic E-state index is 13.8. The summed E-state index contributed by atoms with van der Waals surface area (Å²) in [7, 11) is -3.59. The Morgan fingerprint density at radius 2 is 1.68 bits per heavy atom. The van der Waals surface area contributed by atoms with E-state index in [2.05, 4.69) is 25.9 Å². The van der Waals surface area contributed by atoms with Gasteiger partial charge in [-0.1, -0.05) is 39.0 Å². The van der Waals surface area contributed by atoms with Gasteiger partial charge in [-0.2, -0.15) is 0 Å². The van der Waals surface area contributed by atoms with Crippen LogP contribution in [-0.2, 0) is 23.6 Å². The molecule has 0 aromatic heterocycles. The third-order valence-corrected chi connectivity index (χ3v) is 7.37. The molecule has 174 valence electrons. The second-order valence-corrected chi connectivity index (χ2v) is 10.5. The molecule has 2 rings (SSSR count). The van der Waals surface area contributed by atoms with Gasteiger partial charge in [0.15, 0.2) is 0 Å². The second kappa shape index (κ2) is 11.7. The van der Waals surface area contributed by atoms with Gasteiger partial charge in [-0.15, -0.1) is 0 Å². The number of para-hydroxylation sites is 1. The van der Waals surface area contributed by atoms with Crippen molar-refractivity contribution in [1.82, 2.24) is 5.09 Å². The fraction of sp³-hybridized carbons (Fsp3) is 0.652. The molecule has 31 heavy (non-hydrogen) atoms. The zero-order valence-electron chi connectivity index (χ0n) is 19.3. The summed E-state index contributed by atoms with van der Waals surface area (Å²) in [5.74, 6) is 0.651. The molecule has 0 amide bonds. The van der Waals surface area contributed by atoms with Crippen LogP contribution in [0.1, 0.15) is 76.8 Å². The van der Waals surface area contributed by atoms with Crippen molar-refractivity contribution in [3.63, 3.8) is 0 Å². The standard InChI is InChI=1S/C23H36NO6P/c1-6-28-21(25)13-14-31(27,24-15-22(26)29-7-2)30-23-19(16(3)4)9-8-10-20(23)17(5)18-11-12-18/h8-10,16-18H,6-7,11-15H2,1-5H3,(H,24,27)/t17-,31?/m1/s1. The maximum Gasteiger partial charge on any atom is 0.320 e. The molecule has 0 spiro atoms. The largest absolute Gasteiger partial charge is 0.466 e. The highest BCUT2D eigenvalue weighted by Crippen LogP contribution is 2.51. The summed E-state index contributed by atoms with van der Waals surface area (Å²) in [6, 6.07) is 6.00. The van der Waals surface area contributed by atoms with Crippen molar-refractivity contribution in [1.29, 1.82) is 0 Å². The average molecular weight is 454 g/mol. The Hall–Kier alpha value is -1.85. The van der Waals surface area contributed by atoms with Crippen LogP contribution in [0, 0.1) is 5.92 Å². The van der Waals surface area contributed by atoms with E-state index in [0.717, 1.165) is 11.1 Å². The molecule has 0 heterocycles. The van der Waals surface area contributed by atoms with Crippen LogP contribution >= 0.6 is 7.52 Å². The molecule has 0 saturated heterocycles. The molecule has 2 atom stereocenters. The van der Waals surface area contributed by atoms with Crippen molar-refractivity contribution in [2.45, 2.75) is 65.7 Å². The van der Waals surface area contributed by atoms with Crippen molar-refractivity contribution in [3.05, 3.63) is 29.3 Å². The molecule has 1 saturated carbocycles. The Kier molecular flexibility index (Phi) is 9.57. The molecule has 1 unspecified atom stereocenters. The predicted molar refractivity (Wildman–Crippen MR) is 121 cm³/mol. The first-order valence-corrected chi connectivity index (χ1v) is 13.0. The molecule has 0 bridgehead atoms. The van der Waals surface area contributed by atoms with E-state index < -0.39 is 19.5 Å². The van der Waals surface area contributed by atoms with Gasteiger partial charge < -0.3 is 14.0 Å². The number of carbonyl (C=O) groups is 2. The number of hydrogen-bond acceptors (Lipinski definition) is 6. The van der Waals surface area contributed by atoms with Crippen LogP contribution in [0.3, 0.4) is 0 Å². The van der Waals surface area contributed by atoms with E-state index in [1.807, 2.05) is 18.2 Å². The fourth-order valence-electron chi connectivity index (χ4n) is 3.52. The van der Waals surface area contributed by atoms with E-state index in [1.54, 1.807) is 13.8 Å². The molecular formula is C23H36NO6P. The monoisotopic (exact) mass is 453 g/mol. The highest BCUT2D eigenvalue weighted by molar-refractivity contribution is 7.57. The fourth-order valence-corrected chi connectivity index (χ4v) is 5.18. The average Bonchev–Trinajstić information content (AvgIpc) is 3.56. The number of ether oxygens (including phenoxy) is 2.